The van der Waals surface area contributed by atoms with E-state index in [-0.39, 0.29) is 0 Å². The zero-order valence-corrected chi connectivity index (χ0v) is 14.5. The third-order valence-corrected chi connectivity index (χ3v) is 3.42. The highest BCUT2D eigenvalue weighted by atomic mass is 16.6. The smallest absolute Gasteiger partial charge is 0.428 e. The van der Waals surface area contributed by atoms with Gasteiger partial charge < -0.3 is 9.47 Å². The molecule has 0 aliphatic heterocycles. The Labute approximate surface area is 143 Å². The Kier molecular flexibility index (Phi) is 5.14. The molecule has 0 radical (unpaired) electrons. The van der Waals surface area contributed by atoms with Gasteiger partial charge in [-0.1, -0.05) is 48.5 Å². The van der Waals surface area contributed by atoms with E-state index in [9.17, 15) is 4.79 Å². The Bertz CT molecular complexity index is 668. The molecule has 2 N–H and O–H groups in total. The van der Waals surface area contributed by atoms with Crippen molar-refractivity contribution < 1.29 is 14.3 Å². The average molecular weight is 328 g/mol. The van der Waals surface area contributed by atoms with Crippen molar-refractivity contribution in [1.82, 2.24) is 5.01 Å². The van der Waals surface area contributed by atoms with Crippen LogP contribution in [0.15, 0.2) is 60.7 Å². The highest BCUT2D eigenvalue weighted by Crippen LogP contribution is 2.30. The lowest BCUT2D eigenvalue weighted by Crippen LogP contribution is -2.56. The number of ether oxygens (including phenoxy) is 2. The quantitative estimate of drug-likeness (QED) is 0.398. The highest BCUT2D eigenvalue weighted by Gasteiger charge is 2.40. The Hall–Kier alpha value is -2.53. The molecule has 0 aliphatic carbocycles. The number of amides is 1. The van der Waals surface area contributed by atoms with Crippen LogP contribution in [0.1, 0.15) is 33.3 Å². The summed E-state index contributed by atoms with van der Waals surface area (Å²) in [6, 6.07) is 18.6. The summed E-state index contributed by atoms with van der Waals surface area (Å²) in [5.74, 6) is 6.72. The number of benzene rings is 2. The third kappa shape index (κ3) is 4.26. The van der Waals surface area contributed by atoms with Crippen LogP contribution in [0.5, 0.6) is 5.75 Å². The van der Waals surface area contributed by atoms with Crippen LogP contribution in [0.4, 0.5) is 4.79 Å². The van der Waals surface area contributed by atoms with Crippen LogP contribution in [-0.4, -0.2) is 16.7 Å². The molecule has 0 bridgehead atoms. The summed E-state index contributed by atoms with van der Waals surface area (Å²) in [6.45, 7) is 7.10. The molecule has 5 heteroatoms. The molecule has 24 heavy (non-hydrogen) atoms. The first-order valence-corrected chi connectivity index (χ1v) is 7.80. The van der Waals surface area contributed by atoms with Crippen molar-refractivity contribution in [3.05, 3.63) is 66.2 Å². The summed E-state index contributed by atoms with van der Waals surface area (Å²) in [5, 5.41) is 0.987. The average Bonchev–Trinajstić information content (AvgIpc) is 2.54. The van der Waals surface area contributed by atoms with Gasteiger partial charge in [-0.2, -0.15) is 5.01 Å². The van der Waals surface area contributed by atoms with Gasteiger partial charge in [-0.25, -0.2) is 10.6 Å². The number of rotatable bonds is 4. The van der Waals surface area contributed by atoms with Gasteiger partial charge in [0.05, 0.1) is 0 Å². The van der Waals surface area contributed by atoms with Gasteiger partial charge in [-0.3, -0.25) is 0 Å². The van der Waals surface area contributed by atoms with Crippen LogP contribution in [-0.2, 0) is 10.5 Å². The molecular formula is C19H24N2O3. The lowest BCUT2D eigenvalue weighted by molar-refractivity contribution is -0.0837. The van der Waals surface area contributed by atoms with Gasteiger partial charge in [0.1, 0.15) is 11.4 Å². The Morgan fingerprint density at radius 1 is 0.917 bits per heavy atom. The standard InChI is InChI=1S/C19H24N2O3/c1-18(2,3)24-17(22)21(20)19(4,15-11-7-5-8-12-15)23-16-13-9-6-10-14-16/h5-14H,20H2,1-4H3. The van der Waals surface area contributed by atoms with E-state index in [2.05, 4.69) is 0 Å². The third-order valence-electron chi connectivity index (χ3n) is 3.42. The minimum atomic E-state index is -1.22. The Morgan fingerprint density at radius 3 is 1.92 bits per heavy atom. The minimum Gasteiger partial charge on any atom is -0.462 e. The maximum atomic E-state index is 12.5. The first-order chi connectivity index (χ1) is 11.2. The van der Waals surface area contributed by atoms with Crippen molar-refractivity contribution in [2.24, 2.45) is 5.84 Å². The van der Waals surface area contributed by atoms with Gasteiger partial charge in [-0.05, 0) is 32.9 Å². The summed E-state index contributed by atoms with van der Waals surface area (Å²) < 4.78 is 11.5. The van der Waals surface area contributed by atoms with Gasteiger partial charge >= 0.3 is 6.09 Å². The Morgan fingerprint density at radius 2 is 1.42 bits per heavy atom. The predicted octanol–water partition coefficient (Wildman–Crippen LogP) is 4.05. The fourth-order valence-corrected chi connectivity index (χ4v) is 2.20. The van der Waals surface area contributed by atoms with E-state index in [0.29, 0.717) is 5.75 Å². The van der Waals surface area contributed by atoms with E-state index in [1.807, 2.05) is 60.7 Å². The van der Waals surface area contributed by atoms with E-state index < -0.39 is 17.4 Å². The second-order valence-corrected chi connectivity index (χ2v) is 6.61. The van der Waals surface area contributed by atoms with Crippen molar-refractivity contribution in [1.29, 1.82) is 0 Å². The number of carbonyl (C=O) groups excluding carboxylic acids is 1. The minimum absolute atomic E-state index is 0.600. The van der Waals surface area contributed by atoms with E-state index in [0.717, 1.165) is 10.6 Å². The highest BCUT2D eigenvalue weighted by molar-refractivity contribution is 5.68. The molecule has 128 valence electrons. The molecule has 0 fully saturated rings. The number of nitrogens with two attached hydrogens (primary N) is 1. The monoisotopic (exact) mass is 328 g/mol. The number of hydrogen-bond donors (Lipinski definition) is 1. The van der Waals surface area contributed by atoms with Crippen molar-refractivity contribution in [3.8, 4) is 5.75 Å². The summed E-state index contributed by atoms with van der Waals surface area (Å²) in [4.78, 5) is 12.5. The number of para-hydroxylation sites is 1. The fraction of sp³-hybridized carbons (Fsp3) is 0.316. The summed E-state index contributed by atoms with van der Waals surface area (Å²) >= 11 is 0. The van der Waals surface area contributed by atoms with E-state index in [1.54, 1.807) is 27.7 Å². The van der Waals surface area contributed by atoms with Crippen molar-refractivity contribution >= 4 is 6.09 Å². The molecule has 2 aromatic carbocycles. The SMILES string of the molecule is CC(C)(C)OC(=O)N(N)C(C)(Oc1ccccc1)c1ccccc1. The van der Waals surface area contributed by atoms with Crippen LogP contribution >= 0.6 is 0 Å². The molecule has 0 saturated heterocycles. The van der Waals surface area contributed by atoms with Crippen molar-refractivity contribution in [2.75, 3.05) is 0 Å². The zero-order chi connectivity index (χ0) is 17.8. The van der Waals surface area contributed by atoms with Gasteiger partial charge in [0.2, 0.25) is 5.72 Å². The summed E-state index contributed by atoms with van der Waals surface area (Å²) in [5.41, 5.74) is -1.13. The maximum Gasteiger partial charge on any atom is 0.428 e. The van der Waals surface area contributed by atoms with Crippen LogP contribution in [0.25, 0.3) is 0 Å². The molecule has 0 aliphatic rings. The molecule has 1 amide bonds. The summed E-state index contributed by atoms with van der Waals surface area (Å²) in [6.07, 6.45) is -0.662. The second kappa shape index (κ2) is 6.93. The molecule has 0 heterocycles. The Balaban J connectivity index is 2.37. The van der Waals surface area contributed by atoms with E-state index in [4.69, 9.17) is 15.3 Å². The molecule has 0 spiro atoms. The predicted molar refractivity (Wildman–Crippen MR) is 93.1 cm³/mol. The molecule has 0 aromatic heterocycles. The van der Waals surface area contributed by atoms with Crippen LogP contribution in [0, 0.1) is 0 Å². The van der Waals surface area contributed by atoms with Crippen LogP contribution in [0.2, 0.25) is 0 Å². The molecule has 1 atom stereocenters. The molecule has 1 unspecified atom stereocenters. The molecule has 5 nitrogen and oxygen atoms in total. The van der Waals surface area contributed by atoms with Gasteiger partial charge in [0.15, 0.2) is 0 Å². The number of carbonyl (C=O) groups is 1. The molecule has 2 rings (SSSR count). The maximum absolute atomic E-state index is 12.5. The van der Waals surface area contributed by atoms with Gasteiger partial charge in [-0.15, -0.1) is 0 Å². The van der Waals surface area contributed by atoms with E-state index >= 15 is 0 Å². The van der Waals surface area contributed by atoms with Gasteiger partial charge in [0, 0.05) is 12.5 Å². The van der Waals surface area contributed by atoms with Crippen molar-refractivity contribution in [3.63, 3.8) is 0 Å². The molecule has 2 aromatic rings. The first kappa shape index (κ1) is 17.8. The van der Waals surface area contributed by atoms with Gasteiger partial charge in [0.25, 0.3) is 0 Å². The normalized spacial score (nSPS) is 13.7. The second-order valence-electron chi connectivity index (χ2n) is 6.61. The van der Waals surface area contributed by atoms with Crippen LogP contribution < -0.4 is 10.6 Å². The van der Waals surface area contributed by atoms with Crippen LogP contribution in [0.3, 0.4) is 0 Å². The fourth-order valence-electron chi connectivity index (χ4n) is 2.20. The zero-order valence-electron chi connectivity index (χ0n) is 14.5. The lowest BCUT2D eigenvalue weighted by Gasteiger charge is -2.38. The largest absolute Gasteiger partial charge is 0.462 e. The lowest BCUT2D eigenvalue weighted by atomic mass is 10.0. The molecule has 0 saturated carbocycles. The topological polar surface area (TPSA) is 64.8 Å². The number of nitrogens with zero attached hydrogens (tertiary/aromatic N) is 1. The molecular weight excluding hydrogens is 304 g/mol. The number of hydrazine groups is 1. The van der Waals surface area contributed by atoms with Crippen molar-refractivity contribution in [2.45, 2.75) is 39.0 Å². The first-order valence-electron chi connectivity index (χ1n) is 7.80. The summed E-state index contributed by atoms with van der Waals surface area (Å²) in [7, 11) is 0. The van der Waals surface area contributed by atoms with E-state index in [1.165, 1.54) is 0 Å². The number of hydrogen-bond acceptors (Lipinski definition) is 4.